The molecule has 3 aromatic rings. The van der Waals surface area contributed by atoms with Crippen LogP contribution in [0.5, 0.6) is 0 Å². The average molecular weight is 407 g/mol. The van der Waals surface area contributed by atoms with Gasteiger partial charge in [-0.05, 0) is 54.3 Å². The molecule has 0 aromatic heterocycles. The van der Waals surface area contributed by atoms with E-state index in [4.69, 9.17) is 0 Å². The van der Waals surface area contributed by atoms with Gasteiger partial charge in [-0.2, -0.15) is 26.3 Å². The molecule has 3 aromatic carbocycles. The zero-order valence-electron chi connectivity index (χ0n) is 15.4. The van der Waals surface area contributed by atoms with E-state index >= 15 is 0 Å². The number of hydrogen-bond donors (Lipinski definition) is 0. The highest BCUT2D eigenvalue weighted by molar-refractivity contribution is 5.49. The molecule has 0 N–H and O–H groups in total. The second-order valence-corrected chi connectivity index (χ2v) is 6.79. The van der Waals surface area contributed by atoms with Crippen molar-refractivity contribution in [1.29, 1.82) is 0 Å². The first-order valence-corrected chi connectivity index (χ1v) is 8.81. The maximum absolute atomic E-state index is 12.9. The van der Waals surface area contributed by atoms with Gasteiger partial charge in [0, 0.05) is 5.92 Å². The lowest BCUT2D eigenvalue weighted by molar-refractivity contribution is -0.138. The summed E-state index contributed by atoms with van der Waals surface area (Å²) in [6, 6.07) is 16.9. The van der Waals surface area contributed by atoms with E-state index in [0.29, 0.717) is 23.5 Å². The first-order chi connectivity index (χ1) is 13.5. The van der Waals surface area contributed by atoms with Crippen LogP contribution in [-0.2, 0) is 18.8 Å². The summed E-state index contributed by atoms with van der Waals surface area (Å²) in [4.78, 5) is 0. The van der Waals surface area contributed by atoms with Crippen LogP contribution in [0.15, 0.2) is 72.8 Å². The molecule has 0 atom stereocenters. The van der Waals surface area contributed by atoms with Gasteiger partial charge in [0.25, 0.3) is 0 Å². The third kappa shape index (κ3) is 5.19. The van der Waals surface area contributed by atoms with Crippen molar-refractivity contribution < 1.29 is 26.3 Å². The molecular weight excluding hydrogens is 390 g/mol. The van der Waals surface area contributed by atoms with Crippen molar-refractivity contribution in [3.63, 3.8) is 0 Å². The second kappa shape index (κ2) is 7.93. The van der Waals surface area contributed by atoms with Crippen molar-refractivity contribution in [2.45, 2.75) is 25.7 Å². The smallest absolute Gasteiger partial charge is 0.166 e. The lowest BCUT2D eigenvalue weighted by atomic mass is 9.85. The van der Waals surface area contributed by atoms with Crippen LogP contribution in [0.3, 0.4) is 0 Å². The molecule has 0 nitrogen and oxygen atoms in total. The highest BCUT2D eigenvalue weighted by Crippen LogP contribution is 2.34. The summed E-state index contributed by atoms with van der Waals surface area (Å²) < 4.78 is 77.2. The van der Waals surface area contributed by atoms with E-state index in [1.54, 1.807) is 0 Å². The van der Waals surface area contributed by atoms with Crippen LogP contribution in [0.2, 0.25) is 0 Å². The highest BCUT2D eigenvalue weighted by atomic mass is 19.4. The maximum Gasteiger partial charge on any atom is 0.416 e. The zero-order chi connectivity index (χ0) is 21.2. The van der Waals surface area contributed by atoms with E-state index in [-0.39, 0.29) is 0 Å². The zero-order valence-corrected chi connectivity index (χ0v) is 15.4. The van der Waals surface area contributed by atoms with Gasteiger partial charge in [-0.1, -0.05) is 54.1 Å². The lowest BCUT2D eigenvalue weighted by Gasteiger charge is -2.19. The van der Waals surface area contributed by atoms with Crippen molar-refractivity contribution in [3.8, 4) is 0 Å². The van der Waals surface area contributed by atoms with Gasteiger partial charge >= 0.3 is 12.4 Å². The molecule has 6 heteroatoms. The Hall–Kier alpha value is -2.76. The molecule has 0 fully saturated rings. The molecule has 0 saturated heterocycles. The second-order valence-electron chi connectivity index (χ2n) is 6.79. The number of alkyl halides is 6. The van der Waals surface area contributed by atoms with Gasteiger partial charge in [0.15, 0.2) is 0 Å². The van der Waals surface area contributed by atoms with Crippen LogP contribution in [0.4, 0.5) is 26.3 Å². The molecule has 0 bridgehead atoms. The largest absolute Gasteiger partial charge is 0.416 e. The van der Waals surface area contributed by atoms with E-state index in [1.807, 2.05) is 31.2 Å². The van der Waals surface area contributed by atoms with Crippen molar-refractivity contribution in [1.82, 2.24) is 0 Å². The molecule has 0 aliphatic rings. The Kier molecular flexibility index (Phi) is 5.73. The minimum absolute atomic E-state index is 0.372. The predicted octanol–water partition coefficient (Wildman–Crippen LogP) is 7.25. The third-order valence-electron chi connectivity index (χ3n) is 4.62. The average Bonchev–Trinajstić information content (AvgIpc) is 2.66. The van der Waals surface area contributed by atoms with Crippen LogP contribution in [0, 0.1) is 12.8 Å². The summed E-state index contributed by atoms with van der Waals surface area (Å²) in [5, 5.41) is 0. The summed E-state index contributed by atoms with van der Waals surface area (Å²) in [5.74, 6) is 0.649. The summed E-state index contributed by atoms with van der Waals surface area (Å²) in [6.07, 6.45) is -8.54. The lowest BCUT2D eigenvalue weighted by Crippen LogP contribution is -2.10. The van der Waals surface area contributed by atoms with E-state index in [0.717, 1.165) is 35.4 Å². The maximum atomic E-state index is 12.9. The SMILES string of the molecule is Cc1ccc(C[C](c2ccc(C(F)(F)F)cc2)c2ccc(C(F)(F)F)cc2)cc1. The molecule has 0 aliphatic heterocycles. The van der Waals surface area contributed by atoms with Crippen molar-refractivity contribution in [3.05, 3.63) is 112 Å². The molecule has 3 rings (SSSR count). The molecule has 0 aliphatic carbocycles. The Balaban J connectivity index is 1.98. The fraction of sp³-hybridized carbons (Fsp3) is 0.174. The van der Waals surface area contributed by atoms with Gasteiger partial charge in [0.05, 0.1) is 11.1 Å². The van der Waals surface area contributed by atoms with Gasteiger partial charge in [0.1, 0.15) is 0 Å². The van der Waals surface area contributed by atoms with Crippen molar-refractivity contribution >= 4 is 0 Å². The summed E-state index contributed by atoms with van der Waals surface area (Å²) in [5.41, 5.74) is 1.47. The Morgan fingerprint density at radius 3 is 1.31 bits per heavy atom. The van der Waals surface area contributed by atoms with E-state index in [1.165, 1.54) is 24.3 Å². The summed E-state index contributed by atoms with van der Waals surface area (Å²) >= 11 is 0. The molecule has 0 saturated carbocycles. The van der Waals surface area contributed by atoms with Crippen molar-refractivity contribution in [2.75, 3.05) is 0 Å². The molecule has 0 amide bonds. The monoisotopic (exact) mass is 407 g/mol. The quantitative estimate of drug-likeness (QED) is 0.400. The first-order valence-electron chi connectivity index (χ1n) is 8.81. The number of rotatable bonds is 4. The molecule has 29 heavy (non-hydrogen) atoms. The fourth-order valence-electron chi connectivity index (χ4n) is 3.00. The van der Waals surface area contributed by atoms with E-state index in [2.05, 4.69) is 0 Å². The Morgan fingerprint density at radius 2 is 0.966 bits per heavy atom. The van der Waals surface area contributed by atoms with Gasteiger partial charge in [0.2, 0.25) is 0 Å². The summed E-state index contributed by atoms with van der Waals surface area (Å²) in [6.45, 7) is 1.93. The van der Waals surface area contributed by atoms with Crippen LogP contribution in [0.25, 0.3) is 0 Å². The van der Waals surface area contributed by atoms with Crippen LogP contribution < -0.4 is 0 Å². The van der Waals surface area contributed by atoms with Crippen LogP contribution in [0.1, 0.15) is 33.4 Å². The van der Waals surface area contributed by atoms with Crippen LogP contribution in [-0.4, -0.2) is 0 Å². The third-order valence-corrected chi connectivity index (χ3v) is 4.62. The Morgan fingerprint density at radius 1 is 0.586 bits per heavy atom. The molecule has 0 unspecified atom stereocenters. The minimum atomic E-state index is -4.45. The summed E-state index contributed by atoms with van der Waals surface area (Å²) in [7, 11) is 0. The molecule has 1 radical (unpaired) electrons. The Labute approximate surface area is 164 Å². The van der Waals surface area contributed by atoms with Gasteiger partial charge in [-0.3, -0.25) is 0 Å². The van der Waals surface area contributed by atoms with Crippen molar-refractivity contribution in [2.24, 2.45) is 0 Å². The van der Waals surface area contributed by atoms with Crippen LogP contribution >= 0.6 is 0 Å². The first kappa shape index (κ1) is 21.0. The molecule has 0 spiro atoms. The topological polar surface area (TPSA) is 0 Å². The molecule has 151 valence electrons. The number of aryl methyl sites for hydroxylation is 1. The van der Waals surface area contributed by atoms with Gasteiger partial charge in [-0.15, -0.1) is 0 Å². The number of benzene rings is 3. The Bertz CT molecular complexity index is 876. The van der Waals surface area contributed by atoms with Gasteiger partial charge < -0.3 is 0 Å². The van der Waals surface area contributed by atoms with Gasteiger partial charge in [-0.25, -0.2) is 0 Å². The molecule has 0 heterocycles. The highest BCUT2D eigenvalue weighted by Gasteiger charge is 2.31. The number of halogens is 6. The standard InChI is InChI=1S/C23H17F6/c1-15-2-4-16(5-3-15)14-21(17-6-10-19(11-7-17)22(24,25)26)18-8-12-20(13-9-18)23(27,28)29/h2-13H,14H2,1H3. The minimum Gasteiger partial charge on any atom is -0.166 e. The normalized spacial score (nSPS) is 12.4. The fourth-order valence-corrected chi connectivity index (χ4v) is 3.00. The predicted molar refractivity (Wildman–Crippen MR) is 99.2 cm³/mol. The van der Waals surface area contributed by atoms with E-state index in [9.17, 15) is 26.3 Å². The van der Waals surface area contributed by atoms with E-state index < -0.39 is 23.5 Å². The number of hydrogen-bond acceptors (Lipinski definition) is 0. The molecular formula is C23H17F6.